The van der Waals surface area contributed by atoms with Gasteiger partial charge in [-0.1, -0.05) is 12.1 Å². The van der Waals surface area contributed by atoms with Crippen molar-refractivity contribution in [3.8, 4) is 0 Å². The first-order valence-electron chi connectivity index (χ1n) is 5.90. The monoisotopic (exact) mass is 252 g/mol. The van der Waals surface area contributed by atoms with Crippen molar-refractivity contribution < 1.29 is 14.6 Å². The highest BCUT2D eigenvalue weighted by Crippen LogP contribution is 2.09. The highest BCUT2D eigenvalue weighted by molar-refractivity contribution is 5.84. The summed E-state index contributed by atoms with van der Waals surface area (Å²) in [6.45, 7) is 1.28. The molecular weight excluding hydrogens is 232 g/mol. The molecule has 1 aromatic carbocycles. The third-order valence-electron chi connectivity index (χ3n) is 2.37. The van der Waals surface area contributed by atoms with Crippen LogP contribution < -0.4 is 5.32 Å². The molecule has 0 atom stereocenters. The molecule has 0 spiro atoms. The van der Waals surface area contributed by atoms with Crippen molar-refractivity contribution in [3.05, 3.63) is 29.8 Å². The fourth-order valence-electron chi connectivity index (χ4n) is 1.39. The van der Waals surface area contributed by atoms with Crippen LogP contribution in [0.3, 0.4) is 0 Å². The smallest absolute Gasteiger partial charge is 0.411 e. The number of carbonyl (C=O) groups is 1. The number of hydrogen-bond acceptors (Lipinski definition) is 4. The van der Waals surface area contributed by atoms with Crippen LogP contribution in [-0.4, -0.2) is 43.3 Å². The summed E-state index contributed by atoms with van der Waals surface area (Å²) >= 11 is 0. The van der Waals surface area contributed by atoms with E-state index in [4.69, 9.17) is 9.84 Å². The van der Waals surface area contributed by atoms with E-state index in [1.54, 1.807) is 24.3 Å². The van der Waals surface area contributed by atoms with Crippen molar-refractivity contribution in [1.29, 1.82) is 0 Å². The van der Waals surface area contributed by atoms with Crippen molar-refractivity contribution in [2.75, 3.05) is 32.6 Å². The number of aliphatic hydroxyl groups excluding tert-OH is 1. The molecule has 0 radical (unpaired) electrons. The Balaban J connectivity index is 2.26. The number of anilines is 1. The lowest BCUT2D eigenvalue weighted by atomic mass is 10.2. The highest BCUT2D eigenvalue weighted by Gasteiger charge is 2.02. The molecule has 0 saturated carbocycles. The van der Waals surface area contributed by atoms with Crippen LogP contribution >= 0.6 is 0 Å². The summed E-state index contributed by atoms with van der Waals surface area (Å²) in [4.78, 5) is 13.5. The zero-order valence-corrected chi connectivity index (χ0v) is 10.8. The summed E-state index contributed by atoms with van der Waals surface area (Å²) < 4.78 is 5.03. The van der Waals surface area contributed by atoms with Crippen molar-refractivity contribution >= 4 is 11.8 Å². The van der Waals surface area contributed by atoms with E-state index in [9.17, 15) is 4.79 Å². The fourth-order valence-corrected chi connectivity index (χ4v) is 1.39. The predicted molar refractivity (Wildman–Crippen MR) is 70.5 cm³/mol. The number of amides is 1. The maximum Gasteiger partial charge on any atom is 0.411 e. The number of rotatable bonds is 6. The van der Waals surface area contributed by atoms with E-state index >= 15 is 0 Å². The lowest BCUT2D eigenvalue weighted by Gasteiger charge is -2.10. The van der Waals surface area contributed by atoms with Gasteiger partial charge in [0.15, 0.2) is 0 Å². The Hall–Kier alpha value is -1.59. The number of benzene rings is 1. The lowest BCUT2D eigenvalue weighted by Crippen LogP contribution is -2.18. The van der Waals surface area contributed by atoms with Crippen LogP contribution in [0.15, 0.2) is 24.3 Å². The molecule has 0 aliphatic rings. The van der Waals surface area contributed by atoms with Crippen molar-refractivity contribution in [2.45, 2.75) is 13.0 Å². The molecule has 100 valence electrons. The van der Waals surface area contributed by atoms with Crippen LogP contribution in [0.2, 0.25) is 0 Å². The van der Waals surface area contributed by atoms with Gasteiger partial charge in [-0.15, -0.1) is 0 Å². The first-order chi connectivity index (χ1) is 8.61. The molecule has 18 heavy (non-hydrogen) atoms. The Morgan fingerprint density at radius 3 is 2.56 bits per heavy atom. The summed E-state index contributed by atoms with van der Waals surface area (Å²) in [5, 5.41) is 11.5. The Kier molecular flexibility index (Phi) is 6.18. The number of carbonyl (C=O) groups excluding carboxylic acids is 1. The first-order valence-corrected chi connectivity index (χ1v) is 5.90. The number of ether oxygens (including phenoxy) is 1. The first kappa shape index (κ1) is 14.5. The van der Waals surface area contributed by atoms with E-state index in [0.29, 0.717) is 12.3 Å². The average molecular weight is 252 g/mol. The predicted octanol–water partition coefficient (Wildman–Crippen LogP) is 1.68. The van der Waals surface area contributed by atoms with Crippen LogP contribution in [0.1, 0.15) is 12.0 Å². The largest absolute Gasteiger partial charge is 0.449 e. The van der Waals surface area contributed by atoms with Gasteiger partial charge >= 0.3 is 6.09 Å². The maximum absolute atomic E-state index is 11.4. The minimum absolute atomic E-state index is 0.00470. The van der Waals surface area contributed by atoms with Gasteiger partial charge in [0.05, 0.1) is 13.2 Å². The molecule has 1 aromatic rings. The molecule has 1 rings (SSSR count). The van der Waals surface area contributed by atoms with Crippen LogP contribution in [0.5, 0.6) is 0 Å². The molecule has 1 amide bonds. The second kappa shape index (κ2) is 7.68. The molecule has 5 nitrogen and oxygen atoms in total. The van der Waals surface area contributed by atoms with E-state index in [-0.39, 0.29) is 6.61 Å². The normalized spacial score (nSPS) is 10.4. The number of nitrogens with zero attached hydrogens (tertiary/aromatic N) is 1. The van der Waals surface area contributed by atoms with Crippen LogP contribution in [0.25, 0.3) is 0 Å². The maximum atomic E-state index is 11.4. The Morgan fingerprint density at radius 1 is 1.33 bits per heavy atom. The van der Waals surface area contributed by atoms with Gasteiger partial charge in [-0.3, -0.25) is 5.32 Å². The summed E-state index contributed by atoms with van der Waals surface area (Å²) in [5.74, 6) is 0. The molecule has 0 aliphatic carbocycles. The number of hydrogen-bond donors (Lipinski definition) is 2. The summed E-state index contributed by atoms with van der Waals surface area (Å²) in [6, 6.07) is 6.96. The molecule has 0 heterocycles. The third kappa shape index (κ3) is 5.65. The van der Waals surface area contributed by atoms with Gasteiger partial charge in [-0.25, -0.2) is 4.79 Å². The molecule has 0 aliphatic heterocycles. The van der Waals surface area contributed by atoms with Crippen LogP contribution in [-0.2, 0) is 11.3 Å². The van der Waals surface area contributed by atoms with Gasteiger partial charge in [0.25, 0.3) is 0 Å². The van der Waals surface area contributed by atoms with Gasteiger partial charge in [0, 0.05) is 12.2 Å². The van der Waals surface area contributed by atoms with E-state index < -0.39 is 6.09 Å². The number of aliphatic hydroxyl groups is 1. The lowest BCUT2D eigenvalue weighted by molar-refractivity contribution is 0.156. The standard InChI is InChI=1S/C13H20N2O3/c1-15(2)8-3-9-18-13(17)14-12-6-4-11(10-16)5-7-12/h4-7,16H,3,8-10H2,1-2H3,(H,14,17). The van der Waals surface area contributed by atoms with Gasteiger partial charge in [0.1, 0.15) is 0 Å². The van der Waals surface area contributed by atoms with Crippen molar-refractivity contribution in [1.82, 2.24) is 4.90 Å². The fraction of sp³-hybridized carbons (Fsp3) is 0.462. The Morgan fingerprint density at radius 2 is 2.00 bits per heavy atom. The van der Waals surface area contributed by atoms with E-state index in [0.717, 1.165) is 18.5 Å². The second-order valence-electron chi connectivity index (χ2n) is 4.27. The summed E-state index contributed by atoms with van der Waals surface area (Å²) in [5.41, 5.74) is 1.46. The van der Waals surface area contributed by atoms with Crippen molar-refractivity contribution in [2.24, 2.45) is 0 Å². The third-order valence-corrected chi connectivity index (χ3v) is 2.37. The van der Waals surface area contributed by atoms with E-state index in [2.05, 4.69) is 5.32 Å². The topological polar surface area (TPSA) is 61.8 Å². The molecule has 0 saturated heterocycles. The molecular formula is C13H20N2O3. The minimum atomic E-state index is -0.453. The highest BCUT2D eigenvalue weighted by atomic mass is 16.5. The zero-order chi connectivity index (χ0) is 13.4. The molecule has 2 N–H and O–H groups in total. The quantitative estimate of drug-likeness (QED) is 0.756. The zero-order valence-electron chi connectivity index (χ0n) is 10.8. The molecule has 5 heteroatoms. The van der Waals surface area contributed by atoms with E-state index in [1.165, 1.54) is 0 Å². The van der Waals surface area contributed by atoms with E-state index in [1.807, 2.05) is 19.0 Å². The summed E-state index contributed by atoms with van der Waals surface area (Å²) in [7, 11) is 3.95. The summed E-state index contributed by atoms with van der Waals surface area (Å²) in [6.07, 6.45) is 0.356. The second-order valence-corrected chi connectivity index (χ2v) is 4.27. The van der Waals surface area contributed by atoms with Gasteiger partial charge in [-0.2, -0.15) is 0 Å². The number of nitrogens with one attached hydrogen (secondary N) is 1. The Labute approximate surface area is 107 Å². The van der Waals surface area contributed by atoms with Crippen molar-refractivity contribution in [3.63, 3.8) is 0 Å². The Bertz CT molecular complexity index is 363. The van der Waals surface area contributed by atoms with Gasteiger partial charge < -0.3 is 14.7 Å². The van der Waals surface area contributed by atoms with Gasteiger partial charge in [-0.05, 0) is 38.2 Å². The van der Waals surface area contributed by atoms with Gasteiger partial charge in [0.2, 0.25) is 0 Å². The molecule has 0 aromatic heterocycles. The molecule has 0 bridgehead atoms. The SMILES string of the molecule is CN(C)CCCOC(=O)Nc1ccc(CO)cc1. The average Bonchev–Trinajstić information content (AvgIpc) is 2.35. The van der Waals surface area contributed by atoms with Crippen LogP contribution in [0, 0.1) is 0 Å². The minimum Gasteiger partial charge on any atom is -0.449 e. The molecule has 0 fully saturated rings. The molecule has 0 unspecified atom stereocenters. The van der Waals surface area contributed by atoms with Crippen LogP contribution in [0.4, 0.5) is 10.5 Å².